The van der Waals surface area contributed by atoms with Crippen LogP contribution in [0.25, 0.3) is 0 Å². The molecule has 1 aliphatic heterocycles. The number of aromatic nitrogens is 1. The standard InChI is InChI=1S/C10H16N2S2/c1-7-4-14-10(12-7)3-8-5-13-6-9(8)11-2/h4,8-9,11H,3,5-6H2,1-2H3. The third-order valence-electron chi connectivity index (χ3n) is 2.67. The highest BCUT2D eigenvalue weighted by Gasteiger charge is 2.27. The summed E-state index contributed by atoms with van der Waals surface area (Å²) in [5, 5.41) is 6.84. The van der Waals surface area contributed by atoms with Crippen LogP contribution in [0.3, 0.4) is 0 Å². The van der Waals surface area contributed by atoms with Gasteiger partial charge in [0, 0.05) is 29.3 Å². The number of hydrogen-bond acceptors (Lipinski definition) is 4. The molecule has 0 spiro atoms. The number of hydrogen-bond donors (Lipinski definition) is 1. The second-order valence-corrected chi connectivity index (χ2v) is 5.80. The zero-order valence-corrected chi connectivity index (χ0v) is 10.3. The largest absolute Gasteiger partial charge is 0.316 e. The van der Waals surface area contributed by atoms with Crippen molar-refractivity contribution in [3.05, 3.63) is 16.1 Å². The first kappa shape index (κ1) is 10.5. The molecular weight excluding hydrogens is 212 g/mol. The molecule has 2 atom stereocenters. The van der Waals surface area contributed by atoms with Crippen molar-refractivity contribution in [1.29, 1.82) is 0 Å². The maximum atomic E-state index is 4.52. The van der Waals surface area contributed by atoms with E-state index < -0.39 is 0 Å². The van der Waals surface area contributed by atoms with Gasteiger partial charge in [0.2, 0.25) is 0 Å². The van der Waals surface area contributed by atoms with Crippen LogP contribution in [0.5, 0.6) is 0 Å². The van der Waals surface area contributed by atoms with Gasteiger partial charge in [0.1, 0.15) is 0 Å². The summed E-state index contributed by atoms with van der Waals surface area (Å²) in [6.45, 7) is 2.07. The van der Waals surface area contributed by atoms with Gasteiger partial charge < -0.3 is 5.32 Å². The monoisotopic (exact) mass is 228 g/mol. The van der Waals surface area contributed by atoms with Crippen LogP contribution >= 0.6 is 23.1 Å². The van der Waals surface area contributed by atoms with Crippen LogP contribution in [0.15, 0.2) is 5.38 Å². The van der Waals surface area contributed by atoms with Crippen LogP contribution in [-0.2, 0) is 6.42 Å². The molecule has 1 aliphatic rings. The van der Waals surface area contributed by atoms with Crippen LogP contribution in [0.4, 0.5) is 0 Å². The first-order chi connectivity index (χ1) is 6.79. The predicted molar refractivity (Wildman–Crippen MR) is 64.2 cm³/mol. The van der Waals surface area contributed by atoms with Crippen molar-refractivity contribution in [1.82, 2.24) is 10.3 Å². The zero-order chi connectivity index (χ0) is 9.97. The van der Waals surface area contributed by atoms with E-state index in [9.17, 15) is 0 Å². The molecule has 14 heavy (non-hydrogen) atoms. The van der Waals surface area contributed by atoms with Crippen molar-refractivity contribution in [2.45, 2.75) is 19.4 Å². The minimum atomic E-state index is 0.684. The molecule has 4 heteroatoms. The lowest BCUT2D eigenvalue weighted by molar-refractivity contribution is 0.452. The number of thioether (sulfide) groups is 1. The Labute approximate surface area is 93.5 Å². The average molecular weight is 228 g/mol. The average Bonchev–Trinajstić information content (AvgIpc) is 2.76. The van der Waals surface area contributed by atoms with E-state index in [2.05, 4.69) is 41.4 Å². The van der Waals surface area contributed by atoms with Crippen LogP contribution in [-0.4, -0.2) is 29.6 Å². The van der Waals surface area contributed by atoms with Crippen LogP contribution in [0, 0.1) is 12.8 Å². The van der Waals surface area contributed by atoms with Gasteiger partial charge in [-0.05, 0) is 25.6 Å². The first-order valence-electron chi connectivity index (χ1n) is 4.95. The SMILES string of the molecule is CNC1CSCC1Cc1nc(C)cs1. The molecule has 0 bridgehead atoms. The molecule has 0 aliphatic carbocycles. The van der Waals surface area contributed by atoms with Crippen LogP contribution in [0.2, 0.25) is 0 Å². The van der Waals surface area contributed by atoms with Gasteiger partial charge in [-0.3, -0.25) is 0 Å². The fraction of sp³-hybridized carbons (Fsp3) is 0.700. The van der Waals surface area contributed by atoms with Gasteiger partial charge in [-0.25, -0.2) is 4.98 Å². The van der Waals surface area contributed by atoms with Crippen molar-refractivity contribution in [3.63, 3.8) is 0 Å². The third-order valence-corrected chi connectivity index (χ3v) is 4.92. The highest BCUT2D eigenvalue weighted by molar-refractivity contribution is 7.99. The summed E-state index contributed by atoms with van der Waals surface area (Å²) < 4.78 is 0. The lowest BCUT2D eigenvalue weighted by Gasteiger charge is -2.16. The van der Waals surface area contributed by atoms with E-state index in [1.807, 2.05) is 0 Å². The molecular formula is C10H16N2S2. The number of nitrogens with zero attached hydrogens (tertiary/aromatic N) is 1. The molecule has 1 fully saturated rings. The molecule has 1 saturated heterocycles. The smallest absolute Gasteiger partial charge is 0.0931 e. The minimum absolute atomic E-state index is 0.684. The summed E-state index contributed by atoms with van der Waals surface area (Å²) in [5.41, 5.74) is 1.16. The lowest BCUT2D eigenvalue weighted by Crippen LogP contribution is -2.33. The number of aryl methyl sites for hydroxylation is 1. The molecule has 2 heterocycles. The fourth-order valence-electron chi connectivity index (χ4n) is 1.84. The van der Waals surface area contributed by atoms with E-state index in [1.165, 1.54) is 16.5 Å². The summed E-state index contributed by atoms with van der Waals surface area (Å²) in [7, 11) is 2.07. The zero-order valence-electron chi connectivity index (χ0n) is 8.62. The highest BCUT2D eigenvalue weighted by Crippen LogP contribution is 2.27. The van der Waals surface area contributed by atoms with Gasteiger partial charge in [0.25, 0.3) is 0 Å². The quantitative estimate of drug-likeness (QED) is 0.856. The van der Waals surface area contributed by atoms with Gasteiger partial charge in [-0.15, -0.1) is 11.3 Å². The topological polar surface area (TPSA) is 24.9 Å². The second-order valence-electron chi connectivity index (χ2n) is 3.78. The van der Waals surface area contributed by atoms with E-state index >= 15 is 0 Å². The van der Waals surface area contributed by atoms with E-state index in [4.69, 9.17) is 0 Å². The normalized spacial score (nSPS) is 27.0. The summed E-state index contributed by atoms with van der Waals surface area (Å²) in [4.78, 5) is 4.52. The molecule has 1 aromatic heterocycles. The predicted octanol–water partition coefficient (Wildman–Crippen LogP) is 1.95. The van der Waals surface area contributed by atoms with Crippen LogP contribution in [0.1, 0.15) is 10.7 Å². The Morgan fingerprint density at radius 1 is 1.57 bits per heavy atom. The summed E-state index contributed by atoms with van der Waals surface area (Å²) in [6.07, 6.45) is 1.15. The molecule has 1 aromatic rings. The molecule has 2 rings (SSSR count). The van der Waals surface area contributed by atoms with Crippen LogP contribution < -0.4 is 5.32 Å². The number of nitrogens with one attached hydrogen (secondary N) is 1. The number of thiazole rings is 1. The minimum Gasteiger partial charge on any atom is -0.316 e. The third kappa shape index (κ3) is 2.30. The molecule has 2 nitrogen and oxygen atoms in total. The molecule has 0 radical (unpaired) electrons. The Morgan fingerprint density at radius 3 is 3.07 bits per heavy atom. The number of rotatable bonds is 3. The van der Waals surface area contributed by atoms with E-state index in [0.29, 0.717) is 6.04 Å². The molecule has 78 valence electrons. The maximum Gasteiger partial charge on any atom is 0.0931 e. The maximum absolute atomic E-state index is 4.52. The van der Waals surface area contributed by atoms with Crippen molar-refractivity contribution in [2.24, 2.45) is 5.92 Å². The second kappa shape index (κ2) is 4.64. The van der Waals surface area contributed by atoms with E-state index in [0.717, 1.165) is 18.0 Å². The lowest BCUT2D eigenvalue weighted by atomic mass is 10.0. The highest BCUT2D eigenvalue weighted by atomic mass is 32.2. The first-order valence-corrected chi connectivity index (χ1v) is 6.99. The molecule has 0 aromatic carbocycles. The summed E-state index contributed by atoms with van der Waals surface area (Å²) in [5.74, 6) is 3.31. The van der Waals surface area contributed by atoms with Gasteiger partial charge in [0.15, 0.2) is 0 Å². The van der Waals surface area contributed by atoms with Gasteiger partial charge >= 0.3 is 0 Å². The molecule has 0 saturated carbocycles. The van der Waals surface area contributed by atoms with Crippen molar-refractivity contribution in [3.8, 4) is 0 Å². The van der Waals surface area contributed by atoms with Gasteiger partial charge in [-0.2, -0.15) is 11.8 Å². The van der Waals surface area contributed by atoms with E-state index in [-0.39, 0.29) is 0 Å². The summed E-state index contributed by atoms with van der Waals surface area (Å²) >= 11 is 3.86. The van der Waals surface area contributed by atoms with Crippen molar-refractivity contribution < 1.29 is 0 Å². The Hall–Kier alpha value is -0.0600. The van der Waals surface area contributed by atoms with E-state index in [1.54, 1.807) is 11.3 Å². The van der Waals surface area contributed by atoms with Gasteiger partial charge in [0.05, 0.1) is 5.01 Å². The van der Waals surface area contributed by atoms with Gasteiger partial charge in [-0.1, -0.05) is 0 Å². The Balaban J connectivity index is 1.96. The Morgan fingerprint density at radius 2 is 2.43 bits per heavy atom. The van der Waals surface area contributed by atoms with Crippen molar-refractivity contribution in [2.75, 3.05) is 18.6 Å². The Kier molecular flexibility index (Phi) is 3.47. The fourth-order valence-corrected chi connectivity index (χ4v) is 4.19. The van der Waals surface area contributed by atoms with Crippen molar-refractivity contribution >= 4 is 23.1 Å². The molecule has 1 N–H and O–H groups in total. The molecule has 2 unspecified atom stereocenters. The Bertz CT molecular complexity index is 298. The molecule has 0 amide bonds. The summed E-state index contributed by atoms with van der Waals surface area (Å²) in [6, 6.07) is 0.684.